The fourth-order valence-corrected chi connectivity index (χ4v) is 3.56. The molecule has 156 valence electrons. The fourth-order valence-electron chi connectivity index (χ4n) is 3.18. The van der Waals surface area contributed by atoms with Gasteiger partial charge in [0.1, 0.15) is 11.3 Å². The molecular formula is C22H15Cl2N3O4. The van der Waals surface area contributed by atoms with E-state index in [-0.39, 0.29) is 21.3 Å². The minimum atomic E-state index is -0.901. The lowest BCUT2D eigenvalue weighted by Crippen LogP contribution is -2.54. The van der Waals surface area contributed by atoms with Crippen LogP contribution < -0.4 is 15.0 Å². The van der Waals surface area contributed by atoms with Crippen molar-refractivity contribution in [1.29, 1.82) is 0 Å². The molecule has 0 spiro atoms. The van der Waals surface area contributed by atoms with Gasteiger partial charge in [0.2, 0.25) is 0 Å². The van der Waals surface area contributed by atoms with Crippen molar-refractivity contribution in [3.05, 3.63) is 82.1 Å². The number of nitrogens with zero attached hydrogens (tertiary/aromatic N) is 2. The number of hydrogen-bond acceptors (Lipinski definition) is 4. The third-order valence-corrected chi connectivity index (χ3v) is 5.51. The van der Waals surface area contributed by atoms with Gasteiger partial charge in [0.15, 0.2) is 0 Å². The summed E-state index contributed by atoms with van der Waals surface area (Å²) >= 11 is 12.2. The molecule has 4 amide bonds. The van der Waals surface area contributed by atoms with Gasteiger partial charge in [-0.05, 0) is 54.6 Å². The third-order valence-electron chi connectivity index (χ3n) is 4.70. The van der Waals surface area contributed by atoms with Gasteiger partial charge in [0, 0.05) is 17.6 Å². The number of halogens is 2. The van der Waals surface area contributed by atoms with E-state index in [1.165, 1.54) is 18.2 Å². The first-order valence-electron chi connectivity index (χ1n) is 9.08. The van der Waals surface area contributed by atoms with E-state index in [0.29, 0.717) is 11.4 Å². The summed E-state index contributed by atoms with van der Waals surface area (Å²) < 4.78 is 6.96. The Hall–Kier alpha value is -3.55. The summed E-state index contributed by atoms with van der Waals surface area (Å²) in [5.74, 6) is -0.905. The van der Waals surface area contributed by atoms with Crippen LogP contribution in [0.4, 0.5) is 10.5 Å². The summed E-state index contributed by atoms with van der Waals surface area (Å²) in [6.07, 6.45) is 3.20. The van der Waals surface area contributed by atoms with E-state index >= 15 is 0 Å². The Bertz CT molecular complexity index is 1230. The molecule has 9 heteroatoms. The molecule has 1 aliphatic rings. The van der Waals surface area contributed by atoms with E-state index in [4.69, 9.17) is 27.9 Å². The van der Waals surface area contributed by atoms with Crippen molar-refractivity contribution in [2.24, 2.45) is 0 Å². The van der Waals surface area contributed by atoms with E-state index in [1.54, 1.807) is 48.2 Å². The molecule has 1 aromatic heterocycles. The number of imide groups is 2. The zero-order chi connectivity index (χ0) is 22.1. The molecule has 0 bridgehead atoms. The van der Waals surface area contributed by atoms with Crippen LogP contribution in [0.3, 0.4) is 0 Å². The summed E-state index contributed by atoms with van der Waals surface area (Å²) in [5.41, 5.74) is 1.23. The van der Waals surface area contributed by atoms with Gasteiger partial charge in [-0.25, -0.2) is 9.69 Å². The molecule has 31 heavy (non-hydrogen) atoms. The number of urea groups is 1. The highest BCUT2D eigenvalue weighted by Crippen LogP contribution is 2.34. The monoisotopic (exact) mass is 455 g/mol. The maximum atomic E-state index is 13.1. The summed E-state index contributed by atoms with van der Waals surface area (Å²) in [6, 6.07) is 14.4. The van der Waals surface area contributed by atoms with Crippen molar-refractivity contribution in [2.45, 2.75) is 0 Å². The molecule has 0 saturated carbocycles. The first-order valence-corrected chi connectivity index (χ1v) is 9.83. The number of nitrogens with one attached hydrogen (secondary N) is 1. The summed E-state index contributed by atoms with van der Waals surface area (Å²) in [5, 5.41) is 2.38. The number of carbonyl (C=O) groups excluding carboxylic acids is 3. The average molecular weight is 456 g/mol. The largest absolute Gasteiger partial charge is 0.497 e. The topological polar surface area (TPSA) is 80.6 Å². The predicted molar refractivity (Wildman–Crippen MR) is 118 cm³/mol. The molecule has 0 atom stereocenters. The van der Waals surface area contributed by atoms with Crippen molar-refractivity contribution >= 4 is 52.8 Å². The minimum absolute atomic E-state index is 0.0305. The van der Waals surface area contributed by atoms with E-state index in [9.17, 15) is 14.4 Å². The zero-order valence-corrected chi connectivity index (χ0v) is 17.6. The first-order chi connectivity index (χ1) is 14.9. The average Bonchev–Trinajstić information content (AvgIpc) is 3.22. The third kappa shape index (κ3) is 3.81. The summed E-state index contributed by atoms with van der Waals surface area (Å²) in [6.45, 7) is 0. The normalized spacial score (nSPS) is 15.4. The standard InChI is InChI=1S/C22H15Cl2N3O4/c1-31-15-9-7-13(8-10-15)26-11-3-4-14(26)12-16-20(28)25-22(30)27(21(16)29)18-6-2-5-17(23)19(18)24/h2-12H,1H3,(H,25,28,30)/b16-12-. The molecule has 0 radical (unpaired) electrons. The second kappa shape index (κ2) is 8.29. The molecule has 1 N–H and O–H groups in total. The SMILES string of the molecule is COc1ccc(-n2cccc2/C=C2/C(=O)NC(=O)N(c3cccc(Cl)c3Cl)C2=O)cc1. The quantitative estimate of drug-likeness (QED) is 0.465. The van der Waals surface area contributed by atoms with Crippen molar-refractivity contribution in [2.75, 3.05) is 12.0 Å². The molecule has 1 fully saturated rings. The molecule has 1 saturated heterocycles. The lowest BCUT2D eigenvalue weighted by Gasteiger charge is -2.27. The van der Waals surface area contributed by atoms with Gasteiger partial charge in [0.05, 0.1) is 22.8 Å². The Kier molecular flexibility index (Phi) is 5.54. The number of amides is 4. The highest BCUT2D eigenvalue weighted by Gasteiger charge is 2.38. The molecule has 4 rings (SSSR count). The summed E-state index contributed by atoms with van der Waals surface area (Å²) in [4.78, 5) is 38.8. The molecule has 2 heterocycles. The van der Waals surface area contributed by atoms with Crippen LogP contribution >= 0.6 is 23.2 Å². The maximum absolute atomic E-state index is 13.1. The van der Waals surface area contributed by atoms with Crippen molar-refractivity contribution in [3.8, 4) is 11.4 Å². The van der Waals surface area contributed by atoms with E-state index in [0.717, 1.165) is 10.6 Å². The predicted octanol–water partition coefficient (Wildman–Crippen LogP) is 4.46. The molecule has 0 aliphatic carbocycles. The number of aromatic nitrogens is 1. The summed E-state index contributed by atoms with van der Waals surface area (Å²) in [7, 11) is 1.58. The van der Waals surface area contributed by atoms with Crippen LogP contribution in [0.5, 0.6) is 5.75 Å². The minimum Gasteiger partial charge on any atom is -0.497 e. The molecule has 1 aliphatic heterocycles. The lowest BCUT2D eigenvalue weighted by molar-refractivity contribution is -0.122. The van der Waals surface area contributed by atoms with Crippen LogP contribution in [0, 0.1) is 0 Å². The number of barbiturate groups is 1. The number of carbonyl (C=O) groups is 3. The van der Waals surface area contributed by atoms with Crippen LogP contribution in [-0.2, 0) is 9.59 Å². The first kappa shape index (κ1) is 20.7. The Morgan fingerprint density at radius 1 is 0.968 bits per heavy atom. The smallest absolute Gasteiger partial charge is 0.336 e. The Morgan fingerprint density at radius 3 is 2.42 bits per heavy atom. The molecule has 2 aromatic carbocycles. The number of rotatable bonds is 4. The van der Waals surface area contributed by atoms with Gasteiger partial charge in [-0.1, -0.05) is 29.3 Å². The fraction of sp³-hybridized carbons (Fsp3) is 0.0455. The highest BCUT2D eigenvalue weighted by atomic mass is 35.5. The zero-order valence-electron chi connectivity index (χ0n) is 16.1. The Labute approximate surface area is 187 Å². The van der Waals surface area contributed by atoms with Crippen molar-refractivity contribution in [1.82, 2.24) is 9.88 Å². The van der Waals surface area contributed by atoms with Crippen LogP contribution in [0.25, 0.3) is 11.8 Å². The van der Waals surface area contributed by atoms with E-state index in [1.807, 2.05) is 12.1 Å². The highest BCUT2D eigenvalue weighted by molar-refractivity contribution is 6.46. The van der Waals surface area contributed by atoms with Crippen LogP contribution in [0.1, 0.15) is 5.69 Å². The lowest BCUT2D eigenvalue weighted by atomic mass is 10.1. The van der Waals surface area contributed by atoms with Crippen LogP contribution in [0.15, 0.2) is 66.4 Å². The van der Waals surface area contributed by atoms with Crippen molar-refractivity contribution in [3.63, 3.8) is 0 Å². The van der Waals surface area contributed by atoms with Gasteiger partial charge in [-0.3, -0.25) is 14.9 Å². The van der Waals surface area contributed by atoms with Gasteiger partial charge in [0.25, 0.3) is 11.8 Å². The van der Waals surface area contributed by atoms with Gasteiger partial charge in [-0.2, -0.15) is 0 Å². The molecule has 7 nitrogen and oxygen atoms in total. The number of methoxy groups -OCH3 is 1. The van der Waals surface area contributed by atoms with Gasteiger partial charge in [-0.15, -0.1) is 0 Å². The van der Waals surface area contributed by atoms with Crippen LogP contribution in [0.2, 0.25) is 10.0 Å². The van der Waals surface area contributed by atoms with Crippen molar-refractivity contribution < 1.29 is 19.1 Å². The number of ether oxygens (including phenoxy) is 1. The second-order valence-corrected chi connectivity index (χ2v) is 7.32. The van der Waals surface area contributed by atoms with Crippen LogP contribution in [-0.4, -0.2) is 29.5 Å². The number of benzene rings is 2. The number of hydrogen-bond donors (Lipinski definition) is 1. The Balaban J connectivity index is 1.75. The van der Waals surface area contributed by atoms with Gasteiger partial charge < -0.3 is 9.30 Å². The molecule has 3 aromatic rings. The van der Waals surface area contributed by atoms with E-state index in [2.05, 4.69) is 5.32 Å². The Morgan fingerprint density at radius 2 is 1.71 bits per heavy atom. The van der Waals surface area contributed by atoms with Gasteiger partial charge >= 0.3 is 6.03 Å². The van der Waals surface area contributed by atoms with E-state index < -0.39 is 17.8 Å². The second-order valence-electron chi connectivity index (χ2n) is 6.53. The molecule has 0 unspecified atom stereocenters. The maximum Gasteiger partial charge on any atom is 0.336 e. The number of anilines is 1. The molecular weight excluding hydrogens is 441 g/mol.